The van der Waals surface area contributed by atoms with Crippen molar-refractivity contribution in [2.24, 2.45) is 0 Å². The molecule has 4 nitrogen and oxygen atoms in total. The molecule has 0 amide bonds. The molecule has 0 unspecified atom stereocenters. The number of hydrogen-bond acceptors (Lipinski definition) is 2. The van der Waals surface area contributed by atoms with E-state index in [1.165, 1.54) is 32.9 Å². The standard InChI is InChI=1S/C47H46N4/c1-9-12-34(27-32(2)50-42(35-13-10-25-48-30-35)23-24-43(50)36-14-11-26-49-31-36)33-15-19-39(20-16-33)51-44-21-17-37(46(3,4)5)28-40(44)41-29-38(47(6,7)8)18-22-45(41)51/h9-31H,2H2,1,3-8H3. The average molecular weight is 667 g/mol. The number of rotatable bonds is 7. The lowest BCUT2D eigenvalue weighted by Gasteiger charge is -2.19. The van der Waals surface area contributed by atoms with Crippen molar-refractivity contribution < 1.29 is 0 Å². The van der Waals surface area contributed by atoms with Crippen LogP contribution in [0.4, 0.5) is 0 Å². The quantitative estimate of drug-likeness (QED) is 0.159. The Morgan fingerprint density at radius 2 is 1.16 bits per heavy atom. The number of aromatic nitrogens is 4. The Kier molecular flexibility index (Phi) is 8.72. The zero-order valence-electron chi connectivity index (χ0n) is 30.8. The molecule has 0 spiro atoms. The molecule has 4 heterocycles. The van der Waals surface area contributed by atoms with E-state index in [0.717, 1.165) is 45.0 Å². The third kappa shape index (κ3) is 6.50. The summed E-state index contributed by atoms with van der Waals surface area (Å²) in [6.07, 6.45) is 13.8. The lowest BCUT2D eigenvalue weighted by Crippen LogP contribution is -2.10. The normalized spacial score (nSPS) is 12.7. The SMILES string of the molecule is C=C(C=C(C=CC)c1ccc(-n2c3ccc(C(C)(C)C)cc3c3cc(C(C)(C)C)ccc32)cc1)n1c(-c2cccnc2)ccc1-c1cccnc1. The first kappa shape index (κ1) is 33.7. The highest BCUT2D eigenvalue weighted by Crippen LogP contribution is 2.38. The maximum atomic E-state index is 4.60. The molecule has 0 bridgehead atoms. The van der Waals surface area contributed by atoms with Gasteiger partial charge >= 0.3 is 0 Å². The van der Waals surface area contributed by atoms with Gasteiger partial charge in [-0.25, -0.2) is 0 Å². The zero-order chi connectivity index (χ0) is 35.9. The van der Waals surface area contributed by atoms with Crippen molar-refractivity contribution in [2.45, 2.75) is 59.3 Å². The molecule has 0 aliphatic heterocycles. The molecule has 0 saturated carbocycles. The third-order valence-electron chi connectivity index (χ3n) is 9.71. The Morgan fingerprint density at radius 1 is 0.647 bits per heavy atom. The van der Waals surface area contributed by atoms with E-state index in [1.807, 2.05) is 24.5 Å². The number of allylic oxidation sites excluding steroid dienone is 5. The largest absolute Gasteiger partial charge is 0.310 e. The van der Waals surface area contributed by atoms with E-state index in [2.05, 4.69) is 177 Å². The molecule has 4 aromatic heterocycles. The van der Waals surface area contributed by atoms with Crippen molar-refractivity contribution in [1.29, 1.82) is 0 Å². The highest BCUT2D eigenvalue weighted by molar-refractivity contribution is 6.10. The molecule has 0 saturated heterocycles. The van der Waals surface area contributed by atoms with E-state index in [4.69, 9.17) is 0 Å². The fraction of sp³-hybridized carbons (Fsp3) is 0.191. The molecule has 0 radical (unpaired) electrons. The molecular weight excluding hydrogens is 621 g/mol. The van der Waals surface area contributed by atoms with E-state index in [0.29, 0.717) is 0 Å². The van der Waals surface area contributed by atoms with Gasteiger partial charge in [0.1, 0.15) is 0 Å². The minimum atomic E-state index is 0.0591. The van der Waals surface area contributed by atoms with Gasteiger partial charge in [-0.05, 0) is 119 Å². The van der Waals surface area contributed by atoms with Crippen molar-refractivity contribution in [2.75, 3.05) is 0 Å². The molecular formula is C47H46N4. The second-order valence-electron chi connectivity index (χ2n) is 15.4. The van der Waals surface area contributed by atoms with Gasteiger partial charge in [0.25, 0.3) is 0 Å². The average Bonchev–Trinajstić information content (AvgIpc) is 3.71. The van der Waals surface area contributed by atoms with Crippen LogP contribution in [0.15, 0.2) is 147 Å². The van der Waals surface area contributed by atoms with Crippen LogP contribution in [0.1, 0.15) is 65.2 Å². The maximum absolute atomic E-state index is 4.60. The predicted octanol–water partition coefficient (Wildman–Crippen LogP) is 12.4. The van der Waals surface area contributed by atoms with Gasteiger partial charge in [0, 0.05) is 58.1 Å². The van der Waals surface area contributed by atoms with Crippen molar-refractivity contribution in [3.8, 4) is 28.2 Å². The van der Waals surface area contributed by atoms with Crippen molar-refractivity contribution in [1.82, 2.24) is 19.1 Å². The highest BCUT2D eigenvalue weighted by atomic mass is 15.0. The minimum Gasteiger partial charge on any atom is -0.310 e. The summed E-state index contributed by atoms with van der Waals surface area (Å²) in [5.41, 5.74) is 13.5. The number of hydrogen-bond donors (Lipinski definition) is 0. The fourth-order valence-corrected chi connectivity index (χ4v) is 6.91. The molecule has 0 aliphatic rings. The van der Waals surface area contributed by atoms with Gasteiger partial charge in [0.05, 0.1) is 22.4 Å². The lowest BCUT2D eigenvalue weighted by atomic mass is 9.85. The smallest absolute Gasteiger partial charge is 0.0550 e. The van der Waals surface area contributed by atoms with Crippen molar-refractivity contribution in [3.63, 3.8) is 0 Å². The predicted molar refractivity (Wildman–Crippen MR) is 217 cm³/mol. The third-order valence-corrected chi connectivity index (χ3v) is 9.71. The topological polar surface area (TPSA) is 35.6 Å². The van der Waals surface area contributed by atoms with Crippen LogP contribution in [0.2, 0.25) is 0 Å². The van der Waals surface area contributed by atoms with Gasteiger partial charge in [-0.1, -0.05) is 84.5 Å². The summed E-state index contributed by atoms with van der Waals surface area (Å²) in [5, 5.41) is 2.58. The number of nitrogens with zero attached hydrogens (tertiary/aromatic N) is 4. The number of fused-ring (bicyclic) bond motifs is 3. The Labute approximate surface area is 302 Å². The Bertz CT molecular complexity index is 2290. The van der Waals surface area contributed by atoms with Gasteiger partial charge < -0.3 is 9.13 Å². The van der Waals surface area contributed by atoms with Crippen LogP contribution in [0.25, 0.3) is 61.3 Å². The van der Waals surface area contributed by atoms with Gasteiger partial charge in [0.2, 0.25) is 0 Å². The van der Waals surface area contributed by atoms with E-state index in [-0.39, 0.29) is 10.8 Å². The Hall–Kier alpha value is -5.74. The molecule has 0 aliphatic carbocycles. The molecule has 7 aromatic rings. The molecule has 0 fully saturated rings. The van der Waals surface area contributed by atoms with Crippen LogP contribution in [0.3, 0.4) is 0 Å². The molecule has 254 valence electrons. The van der Waals surface area contributed by atoms with Crippen molar-refractivity contribution in [3.05, 3.63) is 163 Å². The van der Waals surface area contributed by atoms with Gasteiger partial charge in [-0.15, -0.1) is 0 Å². The number of benzene rings is 3. The van der Waals surface area contributed by atoms with Crippen LogP contribution < -0.4 is 0 Å². The molecule has 51 heavy (non-hydrogen) atoms. The van der Waals surface area contributed by atoms with E-state index < -0.39 is 0 Å². The van der Waals surface area contributed by atoms with Crippen molar-refractivity contribution >= 4 is 33.1 Å². The summed E-state index contributed by atoms with van der Waals surface area (Å²) in [6.45, 7) is 20.4. The second-order valence-corrected chi connectivity index (χ2v) is 15.4. The molecule has 7 rings (SSSR count). The van der Waals surface area contributed by atoms with Crippen LogP contribution in [0, 0.1) is 0 Å². The highest BCUT2D eigenvalue weighted by Gasteiger charge is 2.21. The van der Waals surface area contributed by atoms with Gasteiger partial charge in [-0.3, -0.25) is 9.97 Å². The Morgan fingerprint density at radius 3 is 1.59 bits per heavy atom. The molecule has 3 aromatic carbocycles. The fourth-order valence-electron chi connectivity index (χ4n) is 6.91. The minimum absolute atomic E-state index is 0.0591. The first-order valence-electron chi connectivity index (χ1n) is 17.7. The van der Waals surface area contributed by atoms with Crippen LogP contribution >= 0.6 is 0 Å². The lowest BCUT2D eigenvalue weighted by molar-refractivity contribution is 0.590. The first-order chi connectivity index (χ1) is 24.4. The maximum Gasteiger partial charge on any atom is 0.0550 e. The van der Waals surface area contributed by atoms with Crippen LogP contribution in [0.5, 0.6) is 0 Å². The monoisotopic (exact) mass is 666 g/mol. The van der Waals surface area contributed by atoms with Gasteiger partial charge in [0.15, 0.2) is 0 Å². The molecule has 0 atom stereocenters. The summed E-state index contributed by atoms with van der Waals surface area (Å²) < 4.78 is 4.60. The summed E-state index contributed by atoms with van der Waals surface area (Å²) in [4.78, 5) is 8.79. The molecule has 4 heteroatoms. The number of pyridine rings is 2. The van der Waals surface area contributed by atoms with E-state index >= 15 is 0 Å². The zero-order valence-corrected chi connectivity index (χ0v) is 30.8. The first-order valence-corrected chi connectivity index (χ1v) is 17.7. The Balaban J connectivity index is 1.33. The molecule has 0 N–H and O–H groups in total. The van der Waals surface area contributed by atoms with E-state index in [1.54, 1.807) is 12.4 Å². The summed E-state index contributed by atoms with van der Waals surface area (Å²) in [5.74, 6) is 0. The summed E-state index contributed by atoms with van der Waals surface area (Å²) in [7, 11) is 0. The van der Waals surface area contributed by atoms with Crippen LogP contribution in [-0.2, 0) is 10.8 Å². The van der Waals surface area contributed by atoms with Crippen LogP contribution in [-0.4, -0.2) is 19.1 Å². The van der Waals surface area contributed by atoms with E-state index in [9.17, 15) is 0 Å². The second kappa shape index (κ2) is 13.2. The summed E-state index contributed by atoms with van der Waals surface area (Å²) in [6, 6.07) is 35.2. The summed E-state index contributed by atoms with van der Waals surface area (Å²) >= 11 is 0. The van der Waals surface area contributed by atoms with Gasteiger partial charge in [-0.2, -0.15) is 0 Å².